The van der Waals surface area contributed by atoms with Gasteiger partial charge in [-0.1, -0.05) is 30.3 Å². The van der Waals surface area contributed by atoms with Gasteiger partial charge in [0.15, 0.2) is 0 Å². The van der Waals surface area contributed by atoms with Crippen LogP contribution in [-0.2, 0) is 5.54 Å². The molecule has 1 spiro atoms. The third kappa shape index (κ3) is 3.34. The quantitative estimate of drug-likeness (QED) is 0.774. The Morgan fingerprint density at radius 3 is 2.23 bits per heavy atom. The summed E-state index contributed by atoms with van der Waals surface area (Å²) in [7, 11) is 4.40. The van der Waals surface area contributed by atoms with Crippen molar-refractivity contribution in [3.63, 3.8) is 0 Å². The largest absolute Gasteiger partial charge is 0.388 e. The van der Waals surface area contributed by atoms with Gasteiger partial charge in [-0.2, -0.15) is 0 Å². The summed E-state index contributed by atoms with van der Waals surface area (Å²) in [6.07, 6.45) is 9.48. The number of aliphatic hydroxyl groups is 1. The highest BCUT2D eigenvalue weighted by molar-refractivity contribution is 5.78. The minimum Gasteiger partial charge on any atom is -0.388 e. The summed E-state index contributed by atoms with van der Waals surface area (Å²) in [5, 5.41) is 10.7. The Morgan fingerprint density at radius 2 is 1.70 bits per heavy atom. The normalized spacial score (nSPS) is 33.4. The molecule has 1 heterocycles. The highest BCUT2D eigenvalue weighted by atomic mass is 16.3. The average Bonchev–Trinajstić information content (AvgIpc) is 3.51. The number of amides is 2. The summed E-state index contributed by atoms with van der Waals surface area (Å²) in [5.41, 5.74) is 0.732. The lowest BCUT2D eigenvalue weighted by Crippen LogP contribution is -2.55. The monoisotopic (exact) mass is 411 g/mol. The maximum atomic E-state index is 13.5. The lowest BCUT2D eigenvalue weighted by Gasteiger charge is -2.51. The van der Waals surface area contributed by atoms with E-state index in [0.717, 1.165) is 58.0 Å². The number of rotatable bonds is 6. The number of β-amino-alcohol motifs (C(OH)–C–C–N with tert-alkyl or cyclic N) is 1. The lowest BCUT2D eigenvalue weighted by atomic mass is 9.68. The number of carbonyl (C=O) groups excluding carboxylic acids is 1. The number of hydrogen-bond acceptors (Lipinski definition) is 3. The van der Waals surface area contributed by atoms with Crippen molar-refractivity contribution < 1.29 is 9.90 Å². The van der Waals surface area contributed by atoms with Crippen molar-refractivity contribution in [3.05, 3.63) is 35.9 Å². The molecular formula is C25H37N3O2. The third-order valence-electron chi connectivity index (χ3n) is 8.64. The summed E-state index contributed by atoms with van der Waals surface area (Å²) in [4.78, 5) is 20.1. The second-order valence-electron chi connectivity index (χ2n) is 10.8. The standard InChI is InChI=1S/C25H37N3O2/c1-26(2)25(21-7-4-3-5-8-21)15-13-23(14-16-25)18-27(19-24(30)11-6-12-24)22(29)28(23)17-20-9-10-20/h3-5,7-8,20,30H,6,9-19H2,1-2H3/t23-,25-. The van der Waals surface area contributed by atoms with E-state index in [1.165, 1.54) is 18.4 Å². The maximum absolute atomic E-state index is 13.5. The molecule has 2 amide bonds. The molecule has 0 aromatic heterocycles. The third-order valence-corrected chi connectivity index (χ3v) is 8.64. The molecule has 5 heteroatoms. The van der Waals surface area contributed by atoms with Gasteiger partial charge in [-0.15, -0.1) is 0 Å². The van der Waals surface area contributed by atoms with Crippen LogP contribution in [0, 0.1) is 5.92 Å². The van der Waals surface area contributed by atoms with Gasteiger partial charge >= 0.3 is 6.03 Å². The summed E-state index contributed by atoms with van der Waals surface area (Å²) < 4.78 is 0. The van der Waals surface area contributed by atoms with Crippen LogP contribution in [0.5, 0.6) is 0 Å². The fourth-order valence-electron chi connectivity index (χ4n) is 6.23. The van der Waals surface area contributed by atoms with Crippen LogP contribution in [0.4, 0.5) is 4.79 Å². The van der Waals surface area contributed by atoms with Crippen molar-refractivity contribution in [2.24, 2.45) is 5.92 Å². The molecule has 1 aromatic rings. The average molecular weight is 412 g/mol. The Bertz CT molecular complexity index is 777. The van der Waals surface area contributed by atoms with E-state index in [1.807, 2.05) is 4.90 Å². The fraction of sp³-hybridized carbons (Fsp3) is 0.720. The molecule has 164 valence electrons. The Morgan fingerprint density at radius 1 is 1.03 bits per heavy atom. The highest BCUT2D eigenvalue weighted by Crippen LogP contribution is 2.50. The van der Waals surface area contributed by atoms with Gasteiger partial charge in [-0.3, -0.25) is 4.90 Å². The maximum Gasteiger partial charge on any atom is 0.320 e. The second kappa shape index (κ2) is 7.23. The Labute approximate surface area is 181 Å². The van der Waals surface area contributed by atoms with Crippen LogP contribution in [0.1, 0.15) is 63.4 Å². The first kappa shape index (κ1) is 20.3. The number of nitrogens with zero attached hydrogens (tertiary/aromatic N) is 3. The van der Waals surface area contributed by atoms with Crippen LogP contribution in [0.15, 0.2) is 30.3 Å². The molecule has 5 nitrogen and oxygen atoms in total. The molecule has 1 aromatic carbocycles. The summed E-state index contributed by atoms with van der Waals surface area (Å²) >= 11 is 0. The molecule has 3 aliphatic carbocycles. The number of carbonyl (C=O) groups is 1. The van der Waals surface area contributed by atoms with Crippen LogP contribution in [0.3, 0.4) is 0 Å². The molecule has 4 fully saturated rings. The van der Waals surface area contributed by atoms with Crippen LogP contribution < -0.4 is 0 Å². The molecule has 5 rings (SSSR count). The van der Waals surface area contributed by atoms with Crippen LogP contribution in [0.25, 0.3) is 0 Å². The zero-order valence-electron chi connectivity index (χ0n) is 18.6. The topological polar surface area (TPSA) is 47.0 Å². The molecule has 1 aliphatic heterocycles. The van der Waals surface area contributed by atoms with Crippen LogP contribution in [-0.4, -0.2) is 70.7 Å². The molecule has 0 unspecified atom stereocenters. The number of urea groups is 1. The van der Waals surface area contributed by atoms with Gasteiger partial charge in [0.25, 0.3) is 0 Å². The van der Waals surface area contributed by atoms with Gasteiger partial charge in [-0.25, -0.2) is 4.79 Å². The lowest BCUT2D eigenvalue weighted by molar-refractivity contribution is -0.0504. The molecule has 0 bridgehead atoms. The van der Waals surface area contributed by atoms with Gasteiger partial charge in [0.1, 0.15) is 0 Å². The smallest absolute Gasteiger partial charge is 0.320 e. The minimum atomic E-state index is -0.640. The zero-order chi connectivity index (χ0) is 21.0. The van der Waals surface area contributed by atoms with E-state index in [2.05, 4.69) is 54.2 Å². The van der Waals surface area contributed by atoms with E-state index >= 15 is 0 Å². The molecule has 0 atom stereocenters. The van der Waals surface area contributed by atoms with Gasteiger partial charge < -0.3 is 14.9 Å². The second-order valence-corrected chi connectivity index (χ2v) is 10.8. The van der Waals surface area contributed by atoms with Gasteiger partial charge in [0.05, 0.1) is 17.7 Å². The Kier molecular flexibility index (Phi) is 4.90. The molecule has 1 saturated heterocycles. The van der Waals surface area contributed by atoms with E-state index < -0.39 is 5.60 Å². The Hall–Kier alpha value is -1.59. The summed E-state index contributed by atoms with van der Waals surface area (Å²) in [6, 6.07) is 11.1. The molecule has 4 aliphatic rings. The van der Waals surface area contributed by atoms with Crippen molar-refractivity contribution in [1.82, 2.24) is 14.7 Å². The van der Waals surface area contributed by atoms with E-state index in [-0.39, 0.29) is 17.1 Å². The van der Waals surface area contributed by atoms with Crippen molar-refractivity contribution in [2.75, 3.05) is 33.7 Å². The highest BCUT2D eigenvalue weighted by Gasteiger charge is 2.56. The number of benzene rings is 1. The summed E-state index contributed by atoms with van der Waals surface area (Å²) in [6.45, 7) is 2.22. The van der Waals surface area contributed by atoms with E-state index in [1.54, 1.807) is 0 Å². The summed E-state index contributed by atoms with van der Waals surface area (Å²) in [5.74, 6) is 0.687. The SMILES string of the molecule is CN(C)[C@]1(c2ccccc2)CC[C@@]2(CC1)CN(CC1(O)CCC1)C(=O)N2CC1CC1. The van der Waals surface area contributed by atoms with Crippen LogP contribution >= 0.6 is 0 Å². The molecule has 0 radical (unpaired) electrons. The van der Waals surface area contributed by atoms with Crippen molar-refractivity contribution in [2.45, 2.75) is 74.5 Å². The first-order chi connectivity index (χ1) is 14.4. The number of hydrogen-bond donors (Lipinski definition) is 1. The van der Waals surface area contributed by atoms with Gasteiger partial charge in [-0.05, 0) is 83.4 Å². The molecule has 1 N–H and O–H groups in total. The van der Waals surface area contributed by atoms with Crippen molar-refractivity contribution >= 4 is 6.03 Å². The van der Waals surface area contributed by atoms with Gasteiger partial charge in [0, 0.05) is 18.6 Å². The van der Waals surface area contributed by atoms with Crippen molar-refractivity contribution in [3.8, 4) is 0 Å². The molecular weight excluding hydrogens is 374 g/mol. The minimum absolute atomic E-state index is 0.0421. The predicted molar refractivity (Wildman–Crippen MR) is 118 cm³/mol. The molecule has 3 saturated carbocycles. The Balaban J connectivity index is 1.39. The van der Waals surface area contributed by atoms with E-state index in [0.29, 0.717) is 12.5 Å². The fourth-order valence-corrected chi connectivity index (χ4v) is 6.23. The van der Waals surface area contributed by atoms with E-state index in [4.69, 9.17) is 0 Å². The first-order valence-corrected chi connectivity index (χ1v) is 11.9. The first-order valence-electron chi connectivity index (χ1n) is 11.9. The van der Waals surface area contributed by atoms with Crippen molar-refractivity contribution in [1.29, 1.82) is 0 Å². The predicted octanol–water partition coefficient (Wildman–Crippen LogP) is 3.82. The van der Waals surface area contributed by atoms with E-state index in [9.17, 15) is 9.90 Å². The van der Waals surface area contributed by atoms with Crippen LogP contribution in [0.2, 0.25) is 0 Å². The molecule has 30 heavy (non-hydrogen) atoms. The van der Waals surface area contributed by atoms with Gasteiger partial charge in [0.2, 0.25) is 0 Å². The zero-order valence-corrected chi connectivity index (χ0v) is 18.6.